The quantitative estimate of drug-likeness (QED) is 0.588. The normalized spacial score (nSPS) is 36.0. The number of rotatable bonds is 2. The second-order valence-electron chi connectivity index (χ2n) is 5.10. The van der Waals surface area contributed by atoms with Gasteiger partial charge in [-0.2, -0.15) is 0 Å². The molecule has 2 aromatic rings. The molecule has 2 aliphatic heterocycles. The van der Waals surface area contributed by atoms with Gasteiger partial charge in [-0.3, -0.25) is 0 Å². The molecule has 2 aliphatic rings. The zero-order valence-electron chi connectivity index (χ0n) is 10.4. The molecule has 9 nitrogen and oxygen atoms in total. The van der Waals surface area contributed by atoms with Crippen LogP contribution in [0.2, 0.25) is 0 Å². The minimum atomic E-state index is -1.37. The third kappa shape index (κ3) is 1.18. The van der Waals surface area contributed by atoms with Crippen molar-refractivity contribution in [1.82, 2.24) is 19.5 Å². The maximum atomic E-state index is 10.5. The molecule has 4 heterocycles. The molecular weight excluding hydrogens is 266 g/mol. The van der Waals surface area contributed by atoms with E-state index in [0.29, 0.717) is 11.2 Å². The van der Waals surface area contributed by atoms with E-state index >= 15 is 0 Å². The molecule has 2 saturated heterocycles. The highest BCUT2D eigenvalue weighted by atomic mass is 16.7. The van der Waals surface area contributed by atoms with Gasteiger partial charge in [0.1, 0.15) is 30.1 Å². The Morgan fingerprint density at radius 1 is 1.35 bits per heavy atom. The maximum Gasteiger partial charge on any atom is 0.221 e. The number of nitrogen functional groups attached to an aromatic ring is 1. The van der Waals surface area contributed by atoms with Gasteiger partial charge >= 0.3 is 0 Å². The largest absolute Gasteiger partial charge is 0.391 e. The summed E-state index contributed by atoms with van der Waals surface area (Å²) < 4.78 is 12.6. The summed E-state index contributed by atoms with van der Waals surface area (Å²) in [5.41, 5.74) is 5.86. The van der Waals surface area contributed by atoms with Crippen LogP contribution < -0.4 is 5.73 Å². The Morgan fingerprint density at radius 2 is 2.10 bits per heavy atom. The first kappa shape index (κ1) is 12.0. The Balaban J connectivity index is 1.90. The number of nitrogens with zero attached hydrogens (tertiary/aromatic N) is 4. The summed E-state index contributed by atoms with van der Waals surface area (Å²) in [7, 11) is 0. The number of nitrogens with two attached hydrogens (primary N) is 1. The maximum absolute atomic E-state index is 10.5. The smallest absolute Gasteiger partial charge is 0.221 e. The molecule has 4 N–H and O–H groups in total. The zero-order chi connectivity index (χ0) is 14.0. The summed E-state index contributed by atoms with van der Waals surface area (Å²) in [4.78, 5) is 12.2. The van der Waals surface area contributed by atoms with Crippen molar-refractivity contribution in [2.24, 2.45) is 0 Å². The molecule has 2 fully saturated rings. The molecule has 0 aliphatic carbocycles. The van der Waals surface area contributed by atoms with Gasteiger partial charge in [-0.05, 0) is 0 Å². The fourth-order valence-electron chi connectivity index (χ4n) is 2.93. The summed E-state index contributed by atoms with van der Waals surface area (Å²) in [6, 6.07) is 0. The first-order valence-electron chi connectivity index (χ1n) is 6.14. The number of hydrogen-bond acceptors (Lipinski definition) is 8. The van der Waals surface area contributed by atoms with Gasteiger partial charge in [0.25, 0.3) is 0 Å². The fourth-order valence-corrected chi connectivity index (χ4v) is 2.93. The van der Waals surface area contributed by atoms with E-state index in [-0.39, 0.29) is 19.0 Å². The van der Waals surface area contributed by atoms with Crippen LogP contribution in [0.4, 0.5) is 5.82 Å². The van der Waals surface area contributed by atoms with Crippen molar-refractivity contribution in [2.75, 3.05) is 25.6 Å². The summed E-state index contributed by atoms with van der Waals surface area (Å²) in [6.45, 7) is -0.0200. The Hall–Kier alpha value is -1.81. The molecule has 0 spiro atoms. The molecule has 1 unspecified atom stereocenters. The van der Waals surface area contributed by atoms with E-state index in [1.807, 2.05) is 0 Å². The van der Waals surface area contributed by atoms with Crippen LogP contribution in [0.25, 0.3) is 11.2 Å². The zero-order valence-corrected chi connectivity index (χ0v) is 10.4. The van der Waals surface area contributed by atoms with Gasteiger partial charge in [0.05, 0.1) is 19.5 Å². The molecule has 9 heteroatoms. The number of ether oxygens (including phenoxy) is 2. The number of aromatic nitrogens is 4. The van der Waals surface area contributed by atoms with Crippen LogP contribution in [0.3, 0.4) is 0 Å². The van der Waals surface area contributed by atoms with Crippen LogP contribution in [0, 0.1) is 0 Å². The summed E-state index contributed by atoms with van der Waals surface area (Å²) in [5, 5.41) is 19.9. The van der Waals surface area contributed by atoms with Crippen LogP contribution in [-0.4, -0.2) is 61.4 Å². The van der Waals surface area contributed by atoms with E-state index in [0.717, 1.165) is 0 Å². The minimum Gasteiger partial charge on any atom is -0.391 e. The highest BCUT2D eigenvalue weighted by Gasteiger charge is 2.66. The number of fused-ring (bicyclic) bond motifs is 3. The average Bonchev–Trinajstić information content (AvgIpc) is 3.10. The molecule has 0 radical (unpaired) electrons. The van der Waals surface area contributed by atoms with Crippen molar-refractivity contribution in [3.8, 4) is 0 Å². The van der Waals surface area contributed by atoms with E-state index in [9.17, 15) is 10.2 Å². The molecule has 2 bridgehead atoms. The van der Waals surface area contributed by atoms with Crippen molar-refractivity contribution in [3.63, 3.8) is 0 Å². The van der Waals surface area contributed by atoms with Crippen molar-refractivity contribution in [1.29, 1.82) is 0 Å². The number of anilines is 1. The Bertz CT molecular complexity index is 679. The number of aliphatic hydroxyl groups excluding tert-OH is 2. The standard InChI is InChI=1S/C11H13N5O4/c12-7-6-8(14-4-13-7)16(5-15-6)10-2-19-11(1-17,9(10)18)20-3-10/h4-5,9,17-18H,1-3H2,(H2,12,13,14). The predicted molar refractivity (Wildman–Crippen MR) is 65.4 cm³/mol. The van der Waals surface area contributed by atoms with Crippen molar-refractivity contribution < 1.29 is 19.7 Å². The van der Waals surface area contributed by atoms with Crippen molar-refractivity contribution in [3.05, 3.63) is 12.7 Å². The number of imidazole rings is 1. The fraction of sp³-hybridized carbons (Fsp3) is 0.545. The minimum absolute atomic E-state index is 0.199. The molecule has 0 saturated carbocycles. The summed E-state index contributed by atoms with van der Waals surface area (Å²) >= 11 is 0. The van der Waals surface area contributed by atoms with Gasteiger partial charge in [0.2, 0.25) is 5.79 Å². The first-order chi connectivity index (χ1) is 9.63. The average molecular weight is 279 g/mol. The Kier molecular flexibility index (Phi) is 2.18. The van der Waals surface area contributed by atoms with Gasteiger partial charge in [0, 0.05) is 0 Å². The second-order valence-corrected chi connectivity index (χ2v) is 5.10. The Morgan fingerprint density at radius 3 is 2.75 bits per heavy atom. The SMILES string of the molecule is Nc1ncnc2c1ncn2C12COC(CO)(OC1)C2O. The van der Waals surface area contributed by atoms with Gasteiger partial charge in [-0.15, -0.1) is 0 Å². The molecule has 1 atom stereocenters. The first-order valence-corrected chi connectivity index (χ1v) is 6.14. The number of aliphatic hydroxyl groups is 2. The molecular formula is C11H13N5O4. The Labute approximate surface area is 113 Å². The third-order valence-electron chi connectivity index (χ3n) is 4.12. The van der Waals surface area contributed by atoms with Crippen LogP contribution >= 0.6 is 0 Å². The van der Waals surface area contributed by atoms with Gasteiger partial charge in [-0.1, -0.05) is 0 Å². The van der Waals surface area contributed by atoms with Crippen LogP contribution in [-0.2, 0) is 15.0 Å². The van der Waals surface area contributed by atoms with Crippen LogP contribution in [0.5, 0.6) is 0 Å². The van der Waals surface area contributed by atoms with E-state index in [4.69, 9.17) is 15.2 Å². The molecule has 0 aromatic carbocycles. The highest BCUT2D eigenvalue weighted by molar-refractivity contribution is 5.81. The van der Waals surface area contributed by atoms with Crippen LogP contribution in [0.15, 0.2) is 12.7 Å². The summed E-state index contributed by atoms with van der Waals surface area (Å²) in [5.74, 6) is -1.10. The van der Waals surface area contributed by atoms with Crippen molar-refractivity contribution >= 4 is 17.0 Å². The monoisotopic (exact) mass is 279 g/mol. The van der Waals surface area contributed by atoms with Crippen molar-refractivity contribution in [2.45, 2.75) is 17.4 Å². The lowest BCUT2D eigenvalue weighted by Gasteiger charge is -2.28. The van der Waals surface area contributed by atoms with Crippen LogP contribution in [0.1, 0.15) is 0 Å². The molecule has 0 amide bonds. The lowest BCUT2D eigenvalue weighted by Crippen LogP contribution is -2.46. The topological polar surface area (TPSA) is 129 Å². The van der Waals surface area contributed by atoms with Gasteiger partial charge in [0.15, 0.2) is 11.5 Å². The summed E-state index contributed by atoms with van der Waals surface area (Å²) in [6.07, 6.45) is 1.85. The number of hydrogen-bond donors (Lipinski definition) is 3. The predicted octanol–water partition coefficient (Wildman–Crippen LogP) is -1.79. The van der Waals surface area contributed by atoms with Gasteiger partial charge < -0.3 is 30.0 Å². The molecule has 106 valence electrons. The lowest BCUT2D eigenvalue weighted by molar-refractivity contribution is -0.253. The van der Waals surface area contributed by atoms with Gasteiger partial charge in [-0.25, -0.2) is 15.0 Å². The van der Waals surface area contributed by atoms with E-state index < -0.39 is 24.0 Å². The lowest BCUT2D eigenvalue weighted by atomic mass is 9.94. The molecule has 2 aromatic heterocycles. The highest BCUT2D eigenvalue weighted by Crippen LogP contribution is 2.47. The van der Waals surface area contributed by atoms with E-state index in [2.05, 4.69) is 15.0 Å². The van der Waals surface area contributed by atoms with E-state index in [1.165, 1.54) is 12.7 Å². The van der Waals surface area contributed by atoms with E-state index in [1.54, 1.807) is 4.57 Å². The third-order valence-corrected chi connectivity index (χ3v) is 4.12. The second kappa shape index (κ2) is 3.64. The molecule has 20 heavy (non-hydrogen) atoms. The molecule has 4 rings (SSSR count).